The maximum atomic E-state index is 6.40. The molecule has 0 bridgehead atoms. The summed E-state index contributed by atoms with van der Waals surface area (Å²) < 4.78 is 2.58. The standard InChI is InChI=1S/C17H28N2/c1-12-8-13-14(18)9-16(2,3)10-15(13)19(12)11-17(4)6-5-7-17/h8,14H,5-7,9-11,18H2,1-4H3. The summed E-state index contributed by atoms with van der Waals surface area (Å²) in [5.41, 5.74) is 11.6. The highest BCUT2D eigenvalue weighted by molar-refractivity contribution is 5.34. The molecule has 0 amide bonds. The molecule has 0 saturated heterocycles. The molecule has 0 radical (unpaired) electrons. The van der Waals surface area contributed by atoms with Gasteiger partial charge in [0, 0.05) is 24.0 Å². The molecule has 1 aromatic heterocycles. The van der Waals surface area contributed by atoms with Crippen molar-refractivity contribution >= 4 is 0 Å². The van der Waals surface area contributed by atoms with Gasteiger partial charge < -0.3 is 10.3 Å². The van der Waals surface area contributed by atoms with Crippen LogP contribution < -0.4 is 5.73 Å². The van der Waals surface area contributed by atoms with Crippen LogP contribution in [-0.2, 0) is 13.0 Å². The van der Waals surface area contributed by atoms with Crippen molar-refractivity contribution < 1.29 is 0 Å². The number of hydrogen-bond donors (Lipinski definition) is 1. The zero-order valence-corrected chi connectivity index (χ0v) is 12.9. The Morgan fingerprint density at radius 2 is 2.00 bits per heavy atom. The summed E-state index contributed by atoms with van der Waals surface area (Å²) in [6, 6.07) is 2.57. The Bertz CT molecular complexity index is 492. The lowest BCUT2D eigenvalue weighted by Crippen LogP contribution is -2.34. The molecule has 1 atom stereocenters. The smallest absolute Gasteiger partial charge is 0.0318 e. The van der Waals surface area contributed by atoms with E-state index in [0.717, 1.165) is 6.42 Å². The average Bonchev–Trinajstić information content (AvgIpc) is 2.53. The van der Waals surface area contributed by atoms with E-state index >= 15 is 0 Å². The van der Waals surface area contributed by atoms with Crippen molar-refractivity contribution in [3.05, 3.63) is 23.0 Å². The summed E-state index contributed by atoms with van der Waals surface area (Å²) in [4.78, 5) is 0. The topological polar surface area (TPSA) is 30.9 Å². The van der Waals surface area contributed by atoms with E-state index in [1.165, 1.54) is 49.2 Å². The van der Waals surface area contributed by atoms with Gasteiger partial charge in [-0.15, -0.1) is 0 Å². The number of hydrogen-bond acceptors (Lipinski definition) is 1. The molecule has 1 heterocycles. The fourth-order valence-electron chi connectivity index (χ4n) is 4.04. The first-order chi connectivity index (χ1) is 8.80. The van der Waals surface area contributed by atoms with Gasteiger partial charge in [-0.3, -0.25) is 0 Å². The quantitative estimate of drug-likeness (QED) is 0.857. The lowest BCUT2D eigenvalue weighted by atomic mass is 9.70. The van der Waals surface area contributed by atoms with Gasteiger partial charge >= 0.3 is 0 Å². The van der Waals surface area contributed by atoms with Gasteiger partial charge in [0.1, 0.15) is 0 Å². The van der Waals surface area contributed by atoms with E-state index in [0.29, 0.717) is 10.8 Å². The van der Waals surface area contributed by atoms with E-state index in [4.69, 9.17) is 5.73 Å². The van der Waals surface area contributed by atoms with Crippen LogP contribution in [0.4, 0.5) is 0 Å². The summed E-state index contributed by atoms with van der Waals surface area (Å²) >= 11 is 0. The van der Waals surface area contributed by atoms with Crippen LogP contribution in [0.25, 0.3) is 0 Å². The molecule has 2 heteroatoms. The van der Waals surface area contributed by atoms with Crippen LogP contribution in [0.2, 0.25) is 0 Å². The normalized spacial score (nSPS) is 27.7. The Kier molecular flexibility index (Phi) is 2.87. The number of aryl methyl sites for hydroxylation is 1. The van der Waals surface area contributed by atoms with Gasteiger partial charge in [0.25, 0.3) is 0 Å². The Balaban J connectivity index is 1.97. The van der Waals surface area contributed by atoms with Crippen LogP contribution >= 0.6 is 0 Å². The van der Waals surface area contributed by atoms with E-state index in [9.17, 15) is 0 Å². The van der Waals surface area contributed by atoms with E-state index < -0.39 is 0 Å². The van der Waals surface area contributed by atoms with E-state index in [1.54, 1.807) is 0 Å². The largest absolute Gasteiger partial charge is 0.348 e. The summed E-state index contributed by atoms with van der Waals surface area (Å²) in [7, 11) is 0. The maximum absolute atomic E-state index is 6.40. The lowest BCUT2D eigenvalue weighted by molar-refractivity contribution is 0.128. The maximum Gasteiger partial charge on any atom is 0.0318 e. The van der Waals surface area contributed by atoms with Gasteiger partial charge in [0.2, 0.25) is 0 Å². The van der Waals surface area contributed by atoms with Crippen LogP contribution in [0.1, 0.15) is 69.4 Å². The van der Waals surface area contributed by atoms with Crippen molar-refractivity contribution in [1.82, 2.24) is 4.57 Å². The summed E-state index contributed by atoms with van der Waals surface area (Å²) in [6.45, 7) is 10.6. The molecule has 2 aliphatic rings. The Labute approximate surface area is 117 Å². The van der Waals surface area contributed by atoms with Gasteiger partial charge in [-0.05, 0) is 55.1 Å². The molecule has 0 aliphatic heterocycles. The molecule has 1 fully saturated rings. The van der Waals surface area contributed by atoms with Crippen molar-refractivity contribution in [2.45, 2.75) is 72.4 Å². The first-order valence-corrected chi connectivity index (χ1v) is 7.74. The first-order valence-electron chi connectivity index (χ1n) is 7.74. The third-order valence-corrected chi connectivity index (χ3v) is 5.37. The summed E-state index contributed by atoms with van der Waals surface area (Å²) in [5, 5.41) is 0. The first kappa shape index (κ1) is 13.2. The molecule has 0 aromatic carbocycles. The van der Waals surface area contributed by atoms with Crippen LogP contribution in [-0.4, -0.2) is 4.57 Å². The van der Waals surface area contributed by atoms with Gasteiger partial charge in [0.15, 0.2) is 0 Å². The number of aromatic nitrogens is 1. The number of rotatable bonds is 2. The molecule has 1 aromatic rings. The van der Waals surface area contributed by atoms with Crippen molar-refractivity contribution in [2.75, 3.05) is 0 Å². The third-order valence-electron chi connectivity index (χ3n) is 5.37. The number of fused-ring (bicyclic) bond motifs is 1. The summed E-state index contributed by atoms with van der Waals surface area (Å²) in [6.07, 6.45) is 6.47. The number of nitrogens with two attached hydrogens (primary N) is 1. The monoisotopic (exact) mass is 260 g/mol. The highest BCUT2D eigenvalue weighted by atomic mass is 15.0. The molecule has 2 aliphatic carbocycles. The molecular formula is C17H28N2. The van der Waals surface area contributed by atoms with Crippen molar-refractivity contribution in [1.29, 1.82) is 0 Å². The minimum Gasteiger partial charge on any atom is -0.348 e. The second-order valence-electron chi connectivity index (χ2n) is 8.09. The zero-order chi connectivity index (χ0) is 13.8. The fraction of sp³-hybridized carbons (Fsp3) is 0.765. The molecule has 3 rings (SSSR count). The second kappa shape index (κ2) is 4.12. The second-order valence-corrected chi connectivity index (χ2v) is 8.09. The van der Waals surface area contributed by atoms with E-state index in [1.807, 2.05) is 0 Å². The highest BCUT2D eigenvalue weighted by Gasteiger charge is 2.37. The molecule has 1 saturated carbocycles. The average molecular weight is 260 g/mol. The van der Waals surface area contributed by atoms with Crippen LogP contribution in [0.3, 0.4) is 0 Å². The molecule has 2 N–H and O–H groups in total. The molecule has 0 spiro atoms. The predicted molar refractivity (Wildman–Crippen MR) is 80.2 cm³/mol. The van der Waals surface area contributed by atoms with Gasteiger partial charge in [-0.2, -0.15) is 0 Å². The van der Waals surface area contributed by atoms with E-state index in [2.05, 4.69) is 38.3 Å². The van der Waals surface area contributed by atoms with Crippen LogP contribution in [0.5, 0.6) is 0 Å². The minimum absolute atomic E-state index is 0.230. The van der Waals surface area contributed by atoms with Crippen LogP contribution in [0.15, 0.2) is 6.07 Å². The fourth-order valence-corrected chi connectivity index (χ4v) is 4.04. The molecule has 2 nitrogen and oxygen atoms in total. The SMILES string of the molecule is Cc1cc2c(n1CC1(C)CCC1)CC(C)(C)CC2N. The molecule has 106 valence electrons. The Morgan fingerprint density at radius 1 is 1.32 bits per heavy atom. The van der Waals surface area contributed by atoms with Gasteiger partial charge in [0.05, 0.1) is 0 Å². The lowest BCUT2D eigenvalue weighted by Gasteiger charge is -2.41. The van der Waals surface area contributed by atoms with Crippen molar-refractivity contribution in [3.63, 3.8) is 0 Å². The third kappa shape index (κ3) is 2.24. The van der Waals surface area contributed by atoms with Crippen molar-refractivity contribution in [2.24, 2.45) is 16.6 Å². The zero-order valence-electron chi connectivity index (χ0n) is 12.9. The van der Waals surface area contributed by atoms with Gasteiger partial charge in [-0.25, -0.2) is 0 Å². The highest BCUT2D eigenvalue weighted by Crippen LogP contribution is 2.45. The Hall–Kier alpha value is -0.760. The minimum atomic E-state index is 0.230. The van der Waals surface area contributed by atoms with Gasteiger partial charge in [-0.1, -0.05) is 27.2 Å². The summed E-state index contributed by atoms with van der Waals surface area (Å²) in [5.74, 6) is 0. The van der Waals surface area contributed by atoms with E-state index in [-0.39, 0.29) is 6.04 Å². The molecule has 19 heavy (non-hydrogen) atoms. The Morgan fingerprint density at radius 3 is 2.58 bits per heavy atom. The van der Waals surface area contributed by atoms with Crippen LogP contribution in [0, 0.1) is 17.8 Å². The molecular weight excluding hydrogens is 232 g/mol. The molecule has 1 unspecified atom stereocenters. The predicted octanol–water partition coefficient (Wildman–Crippen LogP) is 3.96. The number of nitrogens with zero attached hydrogens (tertiary/aromatic N) is 1. The van der Waals surface area contributed by atoms with Crippen molar-refractivity contribution in [3.8, 4) is 0 Å².